The molecular weight excluding hydrogens is 407 g/mol. The Morgan fingerprint density at radius 3 is 2.39 bits per heavy atom. The van der Waals surface area contributed by atoms with Gasteiger partial charge in [0.1, 0.15) is 12.9 Å². The molecular formula is C24H33N4O2P. The molecule has 0 fully saturated rings. The third kappa shape index (κ3) is 6.43. The Morgan fingerprint density at radius 1 is 1.10 bits per heavy atom. The molecule has 3 rings (SSSR count). The number of methoxy groups -OCH3 is 1. The van der Waals surface area contributed by atoms with Gasteiger partial charge in [-0.15, -0.1) is 6.58 Å². The zero-order valence-corrected chi connectivity index (χ0v) is 17.7. The van der Waals surface area contributed by atoms with Crippen LogP contribution < -0.4 is 20.7 Å². The molecule has 0 aliphatic heterocycles. The summed E-state index contributed by atoms with van der Waals surface area (Å²) in [6, 6.07) is 13.4. The molecule has 0 atom stereocenters. The van der Waals surface area contributed by atoms with Crippen LogP contribution in [0.15, 0.2) is 67.5 Å². The zero-order chi connectivity index (χ0) is 20.9. The molecule has 0 amide bonds. The van der Waals surface area contributed by atoms with E-state index in [0.29, 0.717) is 18.2 Å². The molecule has 7 heteroatoms. The molecule has 2 N–H and O–H groups in total. The van der Waals surface area contributed by atoms with Crippen LogP contribution in [0, 0.1) is 0 Å². The number of aromatic nitrogens is 2. The summed E-state index contributed by atoms with van der Waals surface area (Å²) in [5.74, 6) is 1.13. The van der Waals surface area contributed by atoms with E-state index in [2.05, 4.69) is 27.2 Å². The predicted octanol–water partition coefficient (Wildman–Crippen LogP) is 6.01. The van der Waals surface area contributed by atoms with E-state index < -0.39 is 7.14 Å². The Morgan fingerprint density at radius 2 is 1.77 bits per heavy atom. The highest BCUT2D eigenvalue weighted by Crippen LogP contribution is 2.38. The molecule has 1 heterocycles. The average Bonchev–Trinajstić information content (AvgIpc) is 2.73. The van der Waals surface area contributed by atoms with Crippen LogP contribution in [0.2, 0.25) is 0 Å². The van der Waals surface area contributed by atoms with Gasteiger partial charge in [0, 0.05) is 41.6 Å². The molecule has 3 aromatic rings. The molecule has 0 aliphatic rings. The van der Waals surface area contributed by atoms with Crippen LogP contribution >= 0.6 is 7.14 Å². The third-order valence-corrected chi connectivity index (χ3v) is 5.90. The topological polar surface area (TPSA) is 76.1 Å². The van der Waals surface area contributed by atoms with Crippen LogP contribution in [-0.4, -0.2) is 37.0 Å². The van der Waals surface area contributed by atoms with Crippen molar-refractivity contribution in [1.29, 1.82) is 0 Å². The summed E-state index contributed by atoms with van der Waals surface area (Å²) in [6.45, 7) is 7.90. The largest absolute Gasteiger partial charge is 0.494 e. The second kappa shape index (κ2) is 11.3. The minimum absolute atomic E-state index is 0. The van der Waals surface area contributed by atoms with E-state index in [4.69, 9.17) is 4.74 Å². The van der Waals surface area contributed by atoms with Crippen LogP contribution in [0.5, 0.6) is 5.75 Å². The van der Waals surface area contributed by atoms with E-state index in [1.807, 2.05) is 42.5 Å². The molecule has 6 nitrogen and oxygen atoms in total. The SMILES string of the molecule is C.C.C=CCNc1ccc(Nc2ncc(-c3ccccc3P(C)(C)=O)cn2)c(OC)c1. The van der Waals surface area contributed by atoms with Gasteiger partial charge in [-0.2, -0.15) is 0 Å². The van der Waals surface area contributed by atoms with E-state index in [0.717, 1.165) is 27.8 Å². The third-order valence-electron chi connectivity index (χ3n) is 4.35. The number of hydrogen-bond donors (Lipinski definition) is 2. The molecule has 2 aromatic carbocycles. The number of benzene rings is 2. The van der Waals surface area contributed by atoms with E-state index in [9.17, 15) is 4.57 Å². The van der Waals surface area contributed by atoms with Gasteiger partial charge in [0.2, 0.25) is 5.95 Å². The number of hydrogen-bond acceptors (Lipinski definition) is 6. The number of rotatable bonds is 8. The molecule has 0 aliphatic carbocycles. The first-order valence-corrected chi connectivity index (χ1v) is 11.8. The Balaban J connectivity index is 0.00000240. The highest BCUT2D eigenvalue weighted by molar-refractivity contribution is 7.70. The van der Waals surface area contributed by atoms with Crippen molar-refractivity contribution in [2.45, 2.75) is 14.9 Å². The van der Waals surface area contributed by atoms with E-state index in [-0.39, 0.29) is 14.9 Å². The number of nitrogens with zero attached hydrogens (tertiary/aromatic N) is 2. The van der Waals surface area contributed by atoms with Crippen LogP contribution in [-0.2, 0) is 4.57 Å². The van der Waals surface area contributed by atoms with E-state index in [1.54, 1.807) is 38.9 Å². The fraction of sp³-hybridized carbons (Fsp3) is 0.250. The normalized spacial score (nSPS) is 10.3. The van der Waals surface area contributed by atoms with Gasteiger partial charge in [0.15, 0.2) is 0 Å². The van der Waals surface area contributed by atoms with Crippen LogP contribution in [0.1, 0.15) is 14.9 Å². The summed E-state index contributed by atoms with van der Waals surface area (Å²) < 4.78 is 18.1. The minimum atomic E-state index is -2.41. The van der Waals surface area contributed by atoms with Crippen LogP contribution in [0.25, 0.3) is 11.1 Å². The molecule has 0 unspecified atom stereocenters. The van der Waals surface area contributed by atoms with Gasteiger partial charge in [-0.3, -0.25) is 0 Å². The average molecular weight is 441 g/mol. The van der Waals surface area contributed by atoms with Gasteiger partial charge in [-0.05, 0) is 31.0 Å². The first kappa shape index (κ1) is 25.9. The van der Waals surface area contributed by atoms with Gasteiger partial charge in [-0.1, -0.05) is 45.2 Å². The number of anilines is 3. The molecule has 1 aromatic heterocycles. The second-order valence-corrected chi connectivity index (χ2v) is 10.1. The Bertz CT molecular complexity index is 1050. The summed E-state index contributed by atoms with van der Waals surface area (Å²) in [6.07, 6.45) is 5.26. The van der Waals surface area contributed by atoms with E-state index >= 15 is 0 Å². The van der Waals surface area contributed by atoms with Crippen LogP contribution in [0.3, 0.4) is 0 Å². The summed E-state index contributed by atoms with van der Waals surface area (Å²) in [5, 5.41) is 7.23. The highest BCUT2D eigenvalue weighted by atomic mass is 31.2. The van der Waals surface area contributed by atoms with Crippen molar-refractivity contribution in [3.63, 3.8) is 0 Å². The standard InChI is InChI=1S/C22H25N4O2P.2CH4/c1-5-12-23-17-10-11-19(20(13-17)28-2)26-22-24-14-16(15-25-22)18-8-6-7-9-21(18)29(3,4)27;;/h5-11,13-15,23H,1,12H2,2-4H3,(H,24,25,26);2*1H4. The Labute approximate surface area is 186 Å². The molecule has 0 saturated carbocycles. The highest BCUT2D eigenvalue weighted by Gasteiger charge is 2.17. The zero-order valence-electron chi connectivity index (χ0n) is 16.8. The first-order chi connectivity index (χ1) is 13.9. The smallest absolute Gasteiger partial charge is 0.227 e. The summed E-state index contributed by atoms with van der Waals surface area (Å²) in [5.41, 5.74) is 3.41. The lowest BCUT2D eigenvalue weighted by Gasteiger charge is -2.14. The van der Waals surface area contributed by atoms with Gasteiger partial charge >= 0.3 is 0 Å². The molecule has 0 bridgehead atoms. The maximum Gasteiger partial charge on any atom is 0.227 e. The lowest BCUT2D eigenvalue weighted by Crippen LogP contribution is -2.07. The Hall–Kier alpha value is -3.11. The van der Waals surface area contributed by atoms with Gasteiger partial charge in [0.25, 0.3) is 0 Å². The summed E-state index contributed by atoms with van der Waals surface area (Å²) >= 11 is 0. The lowest BCUT2D eigenvalue weighted by molar-refractivity contribution is 0.417. The number of ether oxygens (including phenoxy) is 1. The summed E-state index contributed by atoms with van der Waals surface area (Å²) in [4.78, 5) is 8.85. The molecule has 31 heavy (non-hydrogen) atoms. The van der Waals surface area contributed by atoms with Crippen molar-refractivity contribution >= 4 is 29.8 Å². The fourth-order valence-corrected chi connectivity index (χ4v) is 4.16. The quantitative estimate of drug-likeness (QED) is 0.330. The maximum atomic E-state index is 12.6. The monoisotopic (exact) mass is 440 g/mol. The molecule has 0 radical (unpaired) electrons. The molecule has 166 valence electrons. The van der Waals surface area contributed by atoms with Crippen molar-refractivity contribution in [2.24, 2.45) is 0 Å². The van der Waals surface area contributed by atoms with Crippen molar-refractivity contribution in [2.75, 3.05) is 37.6 Å². The van der Waals surface area contributed by atoms with Crippen molar-refractivity contribution in [3.8, 4) is 16.9 Å². The van der Waals surface area contributed by atoms with E-state index in [1.165, 1.54) is 0 Å². The van der Waals surface area contributed by atoms with Crippen molar-refractivity contribution in [1.82, 2.24) is 9.97 Å². The van der Waals surface area contributed by atoms with Crippen molar-refractivity contribution < 1.29 is 9.30 Å². The second-order valence-electron chi connectivity index (χ2n) is 6.87. The summed E-state index contributed by atoms with van der Waals surface area (Å²) in [7, 11) is -0.794. The predicted molar refractivity (Wildman–Crippen MR) is 135 cm³/mol. The van der Waals surface area contributed by atoms with Crippen molar-refractivity contribution in [3.05, 3.63) is 67.5 Å². The van der Waals surface area contributed by atoms with Gasteiger partial charge in [0.05, 0.1) is 12.8 Å². The van der Waals surface area contributed by atoms with Crippen LogP contribution in [0.4, 0.5) is 17.3 Å². The first-order valence-electron chi connectivity index (χ1n) is 9.19. The fourth-order valence-electron chi connectivity index (χ4n) is 2.93. The number of nitrogens with one attached hydrogen (secondary N) is 2. The maximum absolute atomic E-state index is 12.6. The molecule has 0 saturated heterocycles. The van der Waals surface area contributed by atoms with Gasteiger partial charge < -0.3 is 19.9 Å². The molecule has 0 spiro atoms. The lowest BCUT2D eigenvalue weighted by atomic mass is 10.1. The Kier molecular flexibility index (Phi) is 9.47. The van der Waals surface area contributed by atoms with Gasteiger partial charge in [-0.25, -0.2) is 9.97 Å². The minimum Gasteiger partial charge on any atom is -0.494 e.